The first-order valence-electron chi connectivity index (χ1n) is 9.55. The molecular weight excluding hydrogens is 364 g/mol. The second kappa shape index (κ2) is 8.13. The molecule has 1 aromatic rings. The molecular formula is C20H34O4SSi. The van der Waals surface area contributed by atoms with Crippen molar-refractivity contribution in [2.75, 3.05) is 6.61 Å². The summed E-state index contributed by atoms with van der Waals surface area (Å²) in [7, 11) is -5.40. The molecule has 1 aliphatic carbocycles. The van der Waals surface area contributed by atoms with Crippen molar-refractivity contribution in [1.29, 1.82) is 0 Å². The smallest absolute Gasteiger partial charge is 0.296 e. The van der Waals surface area contributed by atoms with E-state index >= 15 is 0 Å². The van der Waals surface area contributed by atoms with E-state index < -0.39 is 18.4 Å². The second-order valence-electron chi connectivity index (χ2n) is 9.07. The van der Waals surface area contributed by atoms with E-state index in [-0.39, 0.29) is 22.5 Å². The highest BCUT2D eigenvalue weighted by molar-refractivity contribution is 7.86. The third-order valence-corrected chi connectivity index (χ3v) is 11.7. The van der Waals surface area contributed by atoms with Crippen molar-refractivity contribution in [1.82, 2.24) is 0 Å². The second-order valence-corrected chi connectivity index (χ2v) is 15.4. The Hall–Kier alpha value is -0.693. The molecule has 0 atom stereocenters. The van der Waals surface area contributed by atoms with Gasteiger partial charge in [0, 0.05) is 6.10 Å². The lowest BCUT2D eigenvalue weighted by Crippen LogP contribution is -2.44. The molecule has 0 saturated heterocycles. The van der Waals surface area contributed by atoms with Crippen LogP contribution in [0.2, 0.25) is 18.1 Å². The molecule has 148 valence electrons. The summed E-state index contributed by atoms with van der Waals surface area (Å²) in [6.07, 6.45) is 4.21. The zero-order valence-electron chi connectivity index (χ0n) is 17.0. The summed E-state index contributed by atoms with van der Waals surface area (Å²) in [6, 6.07) is 6.79. The highest BCUT2D eigenvalue weighted by atomic mass is 32.2. The number of hydrogen-bond acceptors (Lipinski definition) is 4. The van der Waals surface area contributed by atoms with E-state index in [2.05, 4.69) is 33.9 Å². The summed E-state index contributed by atoms with van der Waals surface area (Å²) in [5, 5.41) is 0.217. The van der Waals surface area contributed by atoms with Gasteiger partial charge < -0.3 is 4.43 Å². The highest BCUT2D eigenvalue weighted by Gasteiger charge is 2.39. The van der Waals surface area contributed by atoms with E-state index in [4.69, 9.17) is 8.61 Å². The van der Waals surface area contributed by atoms with E-state index in [9.17, 15) is 8.42 Å². The van der Waals surface area contributed by atoms with Crippen LogP contribution in [0.1, 0.15) is 52.0 Å². The molecule has 0 bridgehead atoms. The van der Waals surface area contributed by atoms with Crippen molar-refractivity contribution in [3.63, 3.8) is 0 Å². The lowest BCUT2D eigenvalue weighted by atomic mass is 9.88. The van der Waals surface area contributed by atoms with Gasteiger partial charge in [0.25, 0.3) is 10.1 Å². The summed E-state index contributed by atoms with van der Waals surface area (Å²) >= 11 is 0. The van der Waals surface area contributed by atoms with E-state index in [0.29, 0.717) is 6.10 Å². The molecule has 1 saturated carbocycles. The maximum atomic E-state index is 12.3. The fourth-order valence-electron chi connectivity index (χ4n) is 2.97. The zero-order chi connectivity index (χ0) is 19.6. The molecule has 0 amide bonds. The van der Waals surface area contributed by atoms with E-state index in [1.165, 1.54) is 0 Å². The Morgan fingerprint density at radius 3 is 2.08 bits per heavy atom. The maximum Gasteiger partial charge on any atom is 0.296 e. The van der Waals surface area contributed by atoms with Crippen LogP contribution >= 0.6 is 0 Å². The third kappa shape index (κ3) is 5.65. The predicted molar refractivity (Wildman–Crippen MR) is 108 cm³/mol. The Kier molecular flexibility index (Phi) is 6.75. The van der Waals surface area contributed by atoms with E-state index in [1.807, 2.05) is 6.92 Å². The monoisotopic (exact) mass is 398 g/mol. The summed E-state index contributed by atoms with van der Waals surface area (Å²) in [4.78, 5) is 0.234. The van der Waals surface area contributed by atoms with Gasteiger partial charge >= 0.3 is 0 Å². The van der Waals surface area contributed by atoms with Gasteiger partial charge in [0.2, 0.25) is 0 Å². The first-order valence-corrected chi connectivity index (χ1v) is 13.9. The number of benzene rings is 1. The van der Waals surface area contributed by atoms with Gasteiger partial charge in [-0.1, -0.05) is 38.5 Å². The van der Waals surface area contributed by atoms with Crippen LogP contribution in [0.5, 0.6) is 0 Å². The first-order chi connectivity index (χ1) is 11.9. The van der Waals surface area contributed by atoms with Gasteiger partial charge in [0.15, 0.2) is 8.32 Å². The van der Waals surface area contributed by atoms with Crippen molar-refractivity contribution in [2.45, 2.75) is 82.5 Å². The fourth-order valence-corrected chi connectivity index (χ4v) is 5.37. The summed E-state index contributed by atoms with van der Waals surface area (Å²) in [5.41, 5.74) is 1.03. The molecule has 0 unspecified atom stereocenters. The summed E-state index contributed by atoms with van der Waals surface area (Å²) in [6.45, 7) is 13.6. The fraction of sp³-hybridized carbons (Fsp3) is 0.700. The van der Waals surface area contributed by atoms with E-state index in [1.54, 1.807) is 24.3 Å². The SMILES string of the molecule is Cc1ccc(S(=O)(=O)OCC2CCC(O[Si](C)(C)C(C)(C)C)CC2)cc1. The third-order valence-electron chi connectivity index (χ3n) is 5.83. The molecule has 1 aromatic carbocycles. The van der Waals surface area contributed by atoms with Crippen LogP contribution in [0, 0.1) is 12.8 Å². The molecule has 0 aliphatic heterocycles. The largest absolute Gasteiger partial charge is 0.414 e. The van der Waals surface area contributed by atoms with Crippen LogP contribution in [-0.2, 0) is 18.7 Å². The van der Waals surface area contributed by atoms with Gasteiger partial charge in [0.1, 0.15) is 0 Å². The highest BCUT2D eigenvalue weighted by Crippen LogP contribution is 2.39. The van der Waals surface area contributed by atoms with Crippen LogP contribution in [-0.4, -0.2) is 29.4 Å². The van der Waals surface area contributed by atoms with Gasteiger partial charge in [-0.2, -0.15) is 8.42 Å². The number of aryl methyl sites for hydroxylation is 1. The minimum absolute atomic E-state index is 0.217. The molecule has 26 heavy (non-hydrogen) atoms. The minimum Gasteiger partial charge on any atom is -0.414 e. The van der Waals surface area contributed by atoms with Gasteiger partial charge in [0.05, 0.1) is 11.5 Å². The van der Waals surface area contributed by atoms with Crippen LogP contribution in [0.3, 0.4) is 0 Å². The predicted octanol–water partition coefficient (Wildman–Crippen LogP) is 5.28. The number of hydrogen-bond donors (Lipinski definition) is 0. The molecule has 0 heterocycles. The molecule has 1 aliphatic rings. The Labute approximate surface area is 160 Å². The Bertz CT molecular complexity index is 682. The van der Waals surface area contributed by atoms with Crippen LogP contribution in [0.15, 0.2) is 29.2 Å². The lowest BCUT2D eigenvalue weighted by molar-refractivity contribution is 0.0999. The molecule has 0 spiro atoms. The molecule has 6 heteroatoms. The Balaban J connectivity index is 1.83. The van der Waals surface area contributed by atoms with Crippen molar-refractivity contribution in [2.24, 2.45) is 5.92 Å². The van der Waals surface area contributed by atoms with Crippen molar-refractivity contribution in [3.8, 4) is 0 Å². The number of rotatable bonds is 6. The molecule has 0 radical (unpaired) electrons. The molecule has 0 N–H and O–H groups in total. The normalized spacial score (nSPS) is 22.4. The van der Waals surface area contributed by atoms with E-state index in [0.717, 1.165) is 31.2 Å². The molecule has 0 aromatic heterocycles. The lowest BCUT2D eigenvalue weighted by Gasteiger charge is -2.41. The first kappa shape index (κ1) is 21.6. The van der Waals surface area contributed by atoms with Crippen molar-refractivity contribution < 1.29 is 17.0 Å². The minimum atomic E-state index is -3.66. The van der Waals surface area contributed by atoms with Gasteiger partial charge in [-0.3, -0.25) is 4.18 Å². The average Bonchev–Trinajstić information content (AvgIpc) is 2.53. The molecule has 2 rings (SSSR count). The Morgan fingerprint density at radius 1 is 1.04 bits per heavy atom. The molecule has 1 fully saturated rings. The van der Waals surface area contributed by atoms with Crippen LogP contribution in [0.4, 0.5) is 0 Å². The van der Waals surface area contributed by atoms with Gasteiger partial charge in [-0.15, -0.1) is 0 Å². The topological polar surface area (TPSA) is 52.6 Å². The zero-order valence-corrected chi connectivity index (χ0v) is 18.9. The maximum absolute atomic E-state index is 12.3. The standard InChI is InChI=1S/C20H34O4SSi/c1-16-7-13-19(14-8-16)25(21,22)23-15-17-9-11-18(12-10-17)24-26(5,6)20(2,3)4/h7-8,13-14,17-18H,9-12,15H2,1-6H3. The Morgan fingerprint density at radius 2 is 1.58 bits per heavy atom. The van der Waals surface area contributed by atoms with Crippen LogP contribution < -0.4 is 0 Å². The van der Waals surface area contributed by atoms with Gasteiger partial charge in [-0.05, 0) is 68.8 Å². The summed E-state index contributed by atoms with van der Waals surface area (Å²) < 4.78 is 36.4. The van der Waals surface area contributed by atoms with Crippen LogP contribution in [0.25, 0.3) is 0 Å². The quantitative estimate of drug-likeness (QED) is 0.483. The van der Waals surface area contributed by atoms with Crippen molar-refractivity contribution >= 4 is 18.4 Å². The summed E-state index contributed by atoms with van der Waals surface area (Å²) in [5.74, 6) is 0.287. The van der Waals surface area contributed by atoms with Crippen molar-refractivity contribution in [3.05, 3.63) is 29.8 Å². The van der Waals surface area contributed by atoms with Gasteiger partial charge in [-0.25, -0.2) is 0 Å². The molecule has 4 nitrogen and oxygen atoms in total. The average molecular weight is 399 g/mol.